The highest BCUT2D eigenvalue weighted by Gasteiger charge is 2.11. The van der Waals surface area contributed by atoms with Crippen molar-refractivity contribution in [3.63, 3.8) is 0 Å². The number of benzene rings is 1. The van der Waals surface area contributed by atoms with Gasteiger partial charge in [-0.05, 0) is 30.7 Å². The Hall–Kier alpha value is -2.30. The highest BCUT2D eigenvalue weighted by Crippen LogP contribution is 2.28. The van der Waals surface area contributed by atoms with Gasteiger partial charge in [0.15, 0.2) is 11.6 Å². The molecule has 1 aromatic heterocycles. The Morgan fingerprint density at radius 1 is 1.32 bits per heavy atom. The molecular formula is C14H16FN3O. The summed E-state index contributed by atoms with van der Waals surface area (Å²) < 4.78 is 18.6. The van der Waals surface area contributed by atoms with E-state index in [-0.39, 0.29) is 5.75 Å². The van der Waals surface area contributed by atoms with Crippen molar-refractivity contribution < 1.29 is 9.13 Å². The number of methoxy groups -OCH3 is 1. The third-order valence-electron chi connectivity index (χ3n) is 2.91. The number of hydrogen-bond acceptors (Lipinski definition) is 4. The van der Waals surface area contributed by atoms with Crippen LogP contribution in [0, 0.1) is 12.7 Å². The number of rotatable bonds is 3. The number of aromatic nitrogens is 1. The van der Waals surface area contributed by atoms with Crippen LogP contribution >= 0.6 is 0 Å². The van der Waals surface area contributed by atoms with E-state index < -0.39 is 5.82 Å². The summed E-state index contributed by atoms with van der Waals surface area (Å²) in [7, 11) is 3.26. The molecular weight excluding hydrogens is 245 g/mol. The summed E-state index contributed by atoms with van der Waals surface area (Å²) in [6.07, 6.45) is 1.58. The Kier molecular flexibility index (Phi) is 3.55. The van der Waals surface area contributed by atoms with Crippen molar-refractivity contribution >= 4 is 17.2 Å². The molecule has 19 heavy (non-hydrogen) atoms. The van der Waals surface area contributed by atoms with Crippen molar-refractivity contribution in [3.05, 3.63) is 41.8 Å². The zero-order valence-corrected chi connectivity index (χ0v) is 11.1. The van der Waals surface area contributed by atoms with Crippen molar-refractivity contribution in [1.29, 1.82) is 0 Å². The van der Waals surface area contributed by atoms with Crippen LogP contribution in [0.4, 0.5) is 21.6 Å². The first-order valence-electron chi connectivity index (χ1n) is 5.82. The van der Waals surface area contributed by atoms with Gasteiger partial charge in [-0.25, -0.2) is 9.37 Å². The van der Waals surface area contributed by atoms with Gasteiger partial charge >= 0.3 is 0 Å². The molecule has 100 valence electrons. The molecule has 0 spiro atoms. The number of nitrogens with zero attached hydrogens (tertiary/aromatic N) is 2. The largest absolute Gasteiger partial charge is 0.494 e. The molecule has 2 N–H and O–H groups in total. The van der Waals surface area contributed by atoms with Crippen molar-refractivity contribution in [1.82, 2.24) is 4.98 Å². The second kappa shape index (κ2) is 5.14. The van der Waals surface area contributed by atoms with Gasteiger partial charge in [-0.1, -0.05) is 0 Å². The first-order valence-corrected chi connectivity index (χ1v) is 5.82. The van der Waals surface area contributed by atoms with E-state index in [2.05, 4.69) is 4.98 Å². The van der Waals surface area contributed by atoms with E-state index >= 15 is 0 Å². The lowest BCUT2D eigenvalue weighted by Gasteiger charge is -2.21. The lowest BCUT2D eigenvalue weighted by atomic mass is 10.2. The molecule has 5 heteroatoms. The molecule has 0 radical (unpaired) electrons. The molecule has 4 nitrogen and oxygen atoms in total. The maximum atomic E-state index is 13.7. The molecule has 0 aliphatic carbocycles. The fourth-order valence-electron chi connectivity index (χ4n) is 1.93. The third kappa shape index (κ3) is 2.59. The topological polar surface area (TPSA) is 51.4 Å². The van der Waals surface area contributed by atoms with Crippen LogP contribution in [0.1, 0.15) is 5.56 Å². The van der Waals surface area contributed by atoms with Crippen molar-refractivity contribution in [2.24, 2.45) is 0 Å². The van der Waals surface area contributed by atoms with Gasteiger partial charge in [0.2, 0.25) is 0 Å². The number of anilines is 3. The van der Waals surface area contributed by atoms with E-state index in [0.717, 1.165) is 11.4 Å². The van der Waals surface area contributed by atoms with Gasteiger partial charge in [0.1, 0.15) is 5.82 Å². The summed E-state index contributed by atoms with van der Waals surface area (Å²) in [4.78, 5) is 6.08. The third-order valence-corrected chi connectivity index (χ3v) is 2.91. The number of ether oxygens (including phenoxy) is 1. The fourth-order valence-corrected chi connectivity index (χ4v) is 1.93. The lowest BCUT2D eigenvalue weighted by molar-refractivity contribution is 0.386. The second-order valence-corrected chi connectivity index (χ2v) is 4.29. The number of nitrogens with two attached hydrogens (primary N) is 1. The average Bonchev–Trinajstić information content (AvgIpc) is 2.38. The Morgan fingerprint density at radius 2 is 2.05 bits per heavy atom. The van der Waals surface area contributed by atoms with Crippen LogP contribution in [0.3, 0.4) is 0 Å². The van der Waals surface area contributed by atoms with Gasteiger partial charge in [0, 0.05) is 18.8 Å². The van der Waals surface area contributed by atoms with E-state index in [0.29, 0.717) is 11.4 Å². The SMILES string of the molecule is COc1ccc(N(C)c2ncc(N)cc2C)cc1F. The number of aryl methyl sites for hydroxylation is 1. The zero-order valence-electron chi connectivity index (χ0n) is 11.1. The monoisotopic (exact) mass is 261 g/mol. The molecule has 0 atom stereocenters. The van der Waals surface area contributed by atoms with Gasteiger partial charge in [0.05, 0.1) is 19.0 Å². The molecule has 0 aliphatic heterocycles. The van der Waals surface area contributed by atoms with Crippen LogP contribution in [0.15, 0.2) is 30.5 Å². The summed E-state index contributed by atoms with van der Waals surface area (Å²) in [6, 6.07) is 6.61. The van der Waals surface area contributed by atoms with Gasteiger partial charge in [-0.15, -0.1) is 0 Å². The highest BCUT2D eigenvalue weighted by molar-refractivity contribution is 5.64. The summed E-state index contributed by atoms with van der Waals surface area (Å²) in [6.45, 7) is 1.91. The van der Waals surface area contributed by atoms with Crippen LogP contribution < -0.4 is 15.4 Å². The summed E-state index contributed by atoms with van der Waals surface area (Å²) in [5, 5.41) is 0. The number of halogens is 1. The first kappa shape index (κ1) is 13.1. The molecule has 0 saturated carbocycles. The minimum absolute atomic E-state index is 0.221. The van der Waals surface area contributed by atoms with Crippen molar-refractivity contribution in [2.75, 3.05) is 24.8 Å². The minimum atomic E-state index is -0.403. The first-order chi connectivity index (χ1) is 9.02. The summed E-state index contributed by atoms with van der Waals surface area (Å²) in [5.74, 6) is 0.554. The second-order valence-electron chi connectivity index (χ2n) is 4.29. The molecule has 0 fully saturated rings. The smallest absolute Gasteiger partial charge is 0.167 e. The van der Waals surface area contributed by atoms with Gasteiger partial charge in [0.25, 0.3) is 0 Å². The van der Waals surface area contributed by atoms with Crippen molar-refractivity contribution in [2.45, 2.75) is 6.92 Å². The molecule has 0 amide bonds. The predicted molar refractivity (Wildman–Crippen MR) is 74.4 cm³/mol. The van der Waals surface area contributed by atoms with E-state index in [1.807, 2.05) is 20.0 Å². The molecule has 1 aromatic carbocycles. The molecule has 2 rings (SSSR count). The molecule has 2 aromatic rings. The number of hydrogen-bond donors (Lipinski definition) is 1. The van der Waals surface area contributed by atoms with Crippen LogP contribution in [0.5, 0.6) is 5.75 Å². The molecule has 0 unspecified atom stereocenters. The lowest BCUT2D eigenvalue weighted by Crippen LogP contribution is -2.13. The standard InChI is InChI=1S/C14H16FN3O/c1-9-6-10(16)8-17-14(9)18(2)11-4-5-13(19-3)12(15)7-11/h4-8H,16H2,1-3H3. The van der Waals surface area contributed by atoms with E-state index in [1.54, 1.807) is 23.2 Å². The van der Waals surface area contributed by atoms with Gasteiger partial charge < -0.3 is 15.4 Å². The molecule has 0 saturated heterocycles. The normalized spacial score (nSPS) is 10.3. The van der Waals surface area contributed by atoms with Crippen molar-refractivity contribution in [3.8, 4) is 5.75 Å². The maximum Gasteiger partial charge on any atom is 0.167 e. The quantitative estimate of drug-likeness (QED) is 0.923. The Bertz CT molecular complexity index is 601. The molecule has 1 heterocycles. The van der Waals surface area contributed by atoms with Gasteiger partial charge in [-0.3, -0.25) is 0 Å². The predicted octanol–water partition coefficient (Wildman–Crippen LogP) is 2.89. The van der Waals surface area contributed by atoms with Crippen LogP contribution in [-0.2, 0) is 0 Å². The highest BCUT2D eigenvalue weighted by atomic mass is 19.1. The Labute approximate surface area is 111 Å². The number of pyridine rings is 1. The maximum absolute atomic E-state index is 13.7. The van der Waals surface area contributed by atoms with E-state index in [4.69, 9.17) is 10.5 Å². The van der Waals surface area contributed by atoms with E-state index in [9.17, 15) is 4.39 Å². The van der Waals surface area contributed by atoms with Crippen LogP contribution in [0.25, 0.3) is 0 Å². The minimum Gasteiger partial charge on any atom is -0.494 e. The fraction of sp³-hybridized carbons (Fsp3) is 0.214. The summed E-state index contributed by atoms with van der Waals surface area (Å²) in [5.41, 5.74) is 7.90. The zero-order chi connectivity index (χ0) is 14.0. The molecule has 0 bridgehead atoms. The number of nitrogen functional groups attached to an aromatic ring is 1. The van der Waals surface area contributed by atoms with Crippen LogP contribution in [-0.4, -0.2) is 19.1 Å². The Morgan fingerprint density at radius 3 is 2.63 bits per heavy atom. The van der Waals surface area contributed by atoms with Gasteiger partial charge in [-0.2, -0.15) is 0 Å². The molecule has 0 aliphatic rings. The summed E-state index contributed by atoms with van der Waals surface area (Å²) >= 11 is 0. The van der Waals surface area contributed by atoms with Crippen LogP contribution in [0.2, 0.25) is 0 Å². The van der Waals surface area contributed by atoms with E-state index in [1.165, 1.54) is 13.2 Å². The Balaban J connectivity index is 2.38. The average molecular weight is 261 g/mol.